The van der Waals surface area contributed by atoms with Crippen LogP contribution < -0.4 is 4.74 Å². The van der Waals surface area contributed by atoms with Gasteiger partial charge in [-0.1, -0.05) is 0 Å². The molecule has 0 spiro atoms. The zero-order valence-corrected chi connectivity index (χ0v) is 10.3. The first kappa shape index (κ1) is 12.1. The van der Waals surface area contributed by atoms with Gasteiger partial charge in [0, 0.05) is 0 Å². The highest BCUT2D eigenvalue weighted by molar-refractivity contribution is 5.88. The van der Waals surface area contributed by atoms with Gasteiger partial charge >= 0.3 is 5.97 Å². The standard InChI is InChI=1S/C12H13N3O3/c1-7-13-8(2)15(14-7)10-6-9(12(16)17)4-5-11(10)18-3/h4-6H,1-3H3,(H,16,17). The van der Waals surface area contributed by atoms with E-state index in [0.29, 0.717) is 23.1 Å². The summed E-state index contributed by atoms with van der Waals surface area (Å²) in [4.78, 5) is 15.2. The number of rotatable bonds is 3. The number of hydrogen-bond donors (Lipinski definition) is 1. The Bertz CT molecular complexity index is 605. The molecule has 1 heterocycles. The van der Waals surface area contributed by atoms with E-state index in [1.807, 2.05) is 0 Å². The first-order valence-corrected chi connectivity index (χ1v) is 5.35. The average molecular weight is 247 g/mol. The fourth-order valence-electron chi connectivity index (χ4n) is 1.74. The second-order valence-electron chi connectivity index (χ2n) is 3.81. The van der Waals surface area contributed by atoms with E-state index in [2.05, 4.69) is 10.1 Å². The molecule has 0 saturated carbocycles. The lowest BCUT2D eigenvalue weighted by Gasteiger charge is -2.10. The topological polar surface area (TPSA) is 77.2 Å². The van der Waals surface area contributed by atoms with Crippen LogP contribution in [0.3, 0.4) is 0 Å². The van der Waals surface area contributed by atoms with Crippen molar-refractivity contribution in [1.29, 1.82) is 0 Å². The highest BCUT2D eigenvalue weighted by Crippen LogP contribution is 2.24. The van der Waals surface area contributed by atoms with E-state index >= 15 is 0 Å². The number of carbonyl (C=O) groups is 1. The van der Waals surface area contributed by atoms with Crippen molar-refractivity contribution in [3.63, 3.8) is 0 Å². The highest BCUT2D eigenvalue weighted by Gasteiger charge is 2.13. The summed E-state index contributed by atoms with van der Waals surface area (Å²) < 4.78 is 6.79. The highest BCUT2D eigenvalue weighted by atomic mass is 16.5. The maximum Gasteiger partial charge on any atom is 0.335 e. The molecule has 6 nitrogen and oxygen atoms in total. The lowest BCUT2D eigenvalue weighted by molar-refractivity contribution is 0.0697. The number of carboxylic acid groups (broad SMARTS) is 1. The number of carboxylic acids is 1. The molecule has 0 aliphatic rings. The normalized spacial score (nSPS) is 10.4. The Morgan fingerprint density at radius 3 is 2.61 bits per heavy atom. The molecular weight excluding hydrogens is 234 g/mol. The van der Waals surface area contributed by atoms with Gasteiger partial charge < -0.3 is 9.84 Å². The first-order valence-electron chi connectivity index (χ1n) is 5.35. The lowest BCUT2D eigenvalue weighted by Crippen LogP contribution is -2.05. The predicted molar refractivity (Wildman–Crippen MR) is 64.3 cm³/mol. The van der Waals surface area contributed by atoms with E-state index in [-0.39, 0.29) is 5.56 Å². The van der Waals surface area contributed by atoms with Crippen molar-refractivity contribution in [2.45, 2.75) is 13.8 Å². The van der Waals surface area contributed by atoms with Crippen molar-refractivity contribution in [1.82, 2.24) is 14.8 Å². The number of aromatic nitrogens is 3. The molecule has 1 aromatic heterocycles. The van der Waals surface area contributed by atoms with Gasteiger partial charge in [-0.25, -0.2) is 14.5 Å². The summed E-state index contributed by atoms with van der Waals surface area (Å²) in [6.07, 6.45) is 0. The average Bonchev–Trinajstić information content (AvgIpc) is 2.67. The maximum atomic E-state index is 11.0. The fraction of sp³-hybridized carbons (Fsp3) is 0.250. The van der Waals surface area contributed by atoms with Crippen molar-refractivity contribution in [2.24, 2.45) is 0 Å². The van der Waals surface area contributed by atoms with Gasteiger partial charge in [0.05, 0.1) is 12.7 Å². The summed E-state index contributed by atoms with van der Waals surface area (Å²) in [5, 5.41) is 13.2. The van der Waals surface area contributed by atoms with Gasteiger partial charge in [-0.05, 0) is 32.0 Å². The third-order valence-electron chi connectivity index (χ3n) is 2.53. The third kappa shape index (κ3) is 2.04. The van der Waals surface area contributed by atoms with Crippen LogP contribution in [-0.2, 0) is 0 Å². The molecule has 0 aliphatic heterocycles. The Morgan fingerprint density at radius 1 is 1.39 bits per heavy atom. The van der Waals surface area contributed by atoms with Crippen LogP contribution in [0.15, 0.2) is 18.2 Å². The summed E-state index contributed by atoms with van der Waals surface area (Å²) in [5.74, 6) is 0.852. The monoisotopic (exact) mass is 247 g/mol. The Kier molecular flexibility index (Phi) is 3.01. The van der Waals surface area contributed by atoms with Crippen molar-refractivity contribution in [3.05, 3.63) is 35.4 Å². The van der Waals surface area contributed by atoms with Gasteiger partial charge in [-0.2, -0.15) is 5.10 Å². The van der Waals surface area contributed by atoms with Gasteiger partial charge in [0.2, 0.25) is 0 Å². The summed E-state index contributed by atoms with van der Waals surface area (Å²) >= 11 is 0. The minimum atomic E-state index is -0.992. The molecule has 0 aliphatic carbocycles. The van der Waals surface area contributed by atoms with Crippen LogP contribution in [0.5, 0.6) is 5.75 Å². The van der Waals surface area contributed by atoms with Crippen LogP contribution in [0, 0.1) is 13.8 Å². The molecule has 18 heavy (non-hydrogen) atoms. The molecule has 0 unspecified atom stereocenters. The lowest BCUT2D eigenvalue weighted by atomic mass is 10.2. The number of benzene rings is 1. The van der Waals surface area contributed by atoms with Gasteiger partial charge in [-0.3, -0.25) is 0 Å². The molecule has 2 rings (SSSR count). The van der Waals surface area contributed by atoms with E-state index < -0.39 is 5.97 Å². The molecule has 0 atom stereocenters. The minimum Gasteiger partial charge on any atom is -0.494 e. The second kappa shape index (κ2) is 4.48. The summed E-state index contributed by atoms with van der Waals surface area (Å²) in [6.45, 7) is 3.57. The third-order valence-corrected chi connectivity index (χ3v) is 2.53. The van der Waals surface area contributed by atoms with Crippen molar-refractivity contribution in [3.8, 4) is 11.4 Å². The molecule has 0 radical (unpaired) electrons. The van der Waals surface area contributed by atoms with Gasteiger partial charge in [0.15, 0.2) is 0 Å². The second-order valence-corrected chi connectivity index (χ2v) is 3.81. The quantitative estimate of drug-likeness (QED) is 0.891. The molecule has 2 aromatic rings. The number of ether oxygens (including phenoxy) is 1. The van der Waals surface area contributed by atoms with Gasteiger partial charge in [-0.15, -0.1) is 0 Å². The molecule has 1 aromatic carbocycles. The number of hydrogen-bond acceptors (Lipinski definition) is 4. The van der Waals surface area contributed by atoms with E-state index in [9.17, 15) is 4.79 Å². The number of nitrogens with zero attached hydrogens (tertiary/aromatic N) is 3. The van der Waals surface area contributed by atoms with Crippen LogP contribution in [0.2, 0.25) is 0 Å². The Balaban J connectivity index is 2.64. The molecule has 6 heteroatoms. The molecule has 0 bridgehead atoms. The SMILES string of the molecule is COc1ccc(C(=O)O)cc1-n1nc(C)nc1C. The largest absolute Gasteiger partial charge is 0.494 e. The maximum absolute atomic E-state index is 11.0. The first-order chi connectivity index (χ1) is 8.52. The Morgan fingerprint density at radius 2 is 2.11 bits per heavy atom. The minimum absolute atomic E-state index is 0.179. The van der Waals surface area contributed by atoms with E-state index in [0.717, 1.165) is 0 Å². The molecular formula is C12H13N3O3. The molecule has 94 valence electrons. The Labute approximate surface area is 104 Å². The predicted octanol–water partition coefficient (Wildman–Crippen LogP) is 1.59. The van der Waals surface area contributed by atoms with E-state index in [1.165, 1.54) is 19.2 Å². The Hall–Kier alpha value is -2.37. The molecule has 0 saturated heterocycles. The zero-order valence-electron chi connectivity index (χ0n) is 10.3. The van der Waals surface area contributed by atoms with Crippen molar-refractivity contribution >= 4 is 5.97 Å². The summed E-state index contributed by atoms with van der Waals surface area (Å²) in [6, 6.07) is 4.61. The van der Waals surface area contributed by atoms with Crippen molar-refractivity contribution in [2.75, 3.05) is 7.11 Å². The van der Waals surface area contributed by atoms with Gasteiger partial charge in [0.1, 0.15) is 23.1 Å². The molecule has 0 amide bonds. The van der Waals surface area contributed by atoms with Crippen LogP contribution in [-0.4, -0.2) is 33.0 Å². The van der Waals surface area contributed by atoms with Gasteiger partial charge in [0.25, 0.3) is 0 Å². The summed E-state index contributed by atoms with van der Waals surface area (Å²) in [5.41, 5.74) is 0.744. The molecule has 0 fully saturated rings. The van der Waals surface area contributed by atoms with Crippen LogP contribution >= 0.6 is 0 Å². The smallest absolute Gasteiger partial charge is 0.335 e. The van der Waals surface area contributed by atoms with Crippen LogP contribution in [0.1, 0.15) is 22.0 Å². The number of aromatic carboxylic acids is 1. The zero-order chi connectivity index (χ0) is 13.3. The fourth-order valence-corrected chi connectivity index (χ4v) is 1.74. The number of aryl methyl sites for hydroxylation is 2. The van der Waals surface area contributed by atoms with E-state index in [4.69, 9.17) is 9.84 Å². The molecule has 1 N–H and O–H groups in total. The number of methoxy groups -OCH3 is 1. The summed E-state index contributed by atoms with van der Waals surface area (Å²) in [7, 11) is 1.53. The van der Waals surface area contributed by atoms with Crippen molar-refractivity contribution < 1.29 is 14.6 Å². The van der Waals surface area contributed by atoms with Crippen LogP contribution in [0.25, 0.3) is 5.69 Å². The van der Waals surface area contributed by atoms with Crippen LogP contribution in [0.4, 0.5) is 0 Å². The van der Waals surface area contributed by atoms with E-state index in [1.54, 1.807) is 24.6 Å².